The summed E-state index contributed by atoms with van der Waals surface area (Å²) >= 11 is 0. The number of fused-ring (bicyclic) bond motifs is 1. The van der Waals surface area contributed by atoms with Crippen molar-refractivity contribution in [2.45, 2.75) is 6.54 Å². The SMILES string of the molecule is CN(C)/C=C/c1c([N+](=O)[O-])c2ccc(O)c(CN(C)C)c2n1-c1ccccc1. The smallest absolute Gasteiger partial charge is 0.302 e. The second-order valence-corrected chi connectivity index (χ2v) is 7.14. The van der Waals surface area contributed by atoms with Gasteiger partial charge in [0.25, 0.3) is 0 Å². The molecule has 0 saturated carbocycles. The van der Waals surface area contributed by atoms with Crippen molar-refractivity contribution in [1.82, 2.24) is 14.4 Å². The minimum absolute atomic E-state index is 0.0250. The molecular formula is C21H24N4O3. The minimum Gasteiger partial charge on any atom is -0.508 e. The maximum Gasteiger partial charge on any atom is 0.302 e. The van der Waals surface area contributed by atoms with Gasteiger partial charge in [0.2, 0.25) is 0 Å². The normalized spacial score (nSPS) is 11.6. The molecule has 0 saturated heterocycles. The summed E-state index contributed by atoms with van der Waals surface area (Å²) in [6.45, 7) is 0.452. The van der Waals surface area contributed by atoms with E-state index in [0.717, 1.165) is 5.69 Å². The van der Waals surface area contributed by atoms with Gasteiger partial charge in [-0.15, -0.1) is 0 Å². The number of hydrogen-bond donors (Lipinski definition) is 1. The Morgan fingerprint density at radius 3 is 2.36 bits per heavy atom. The summed E-state index contributed by atoms with van der Waals surface area (Å²) in [7, 11) is 7.52. The van der Waals surface area contributed by atoms with Crippen LogP contribution >= 0.6 is 0 Å². The quantitative estimate of drug-likeness (QED) is 0.519. The van der Waals surface area contributed by atoms with E-state index in [1.54, 1.807) is 18.3 Å². The average molecular weight is 380 g/mol. The van der Waals surface area contributed by atoms with Gasteiger partial charge in [-0.2, -0.15) is 0 Å². The minimum atomic E-state index is -0.354. The fraction of sp³-hybridized carbons (Fsp3) is 0.238. The maximum absolute atomic E-state index is 12.0. The van der Waals surface area contributed by atoms with Gasteiger partial charge in [-0.1, -0.05) is 18.2 Å². The van der Waals surface area contributed by atoms with Crippen LogP contribution < -0.4 is 0 Å². The van der Waals surface area contributed by atoms with E-state index in [4.69, 9.17) is 0 Å². The first-order valence-electron chi connectivity index (χ1n) is 8.89. The third kappa shape index (κ3) is 3.57. The molecule has 1 aromatic heterocycles. The van der Waals surface area contributed by atoms with Gasteiger partial charge in [0.05, 0.1) is 15.8 Å². The van der Waals surface area contributed by atoms with Gasteiger partial charge in [0.1, 0.15) is 11.4 Å². The maximum atomic E-state index is 12.0. The zero-order valence-electron chi connectivity index (χ0n) is 16.5. The van der Waals surface area contributed by atoms with Crippen LogP contribution in [0.1, 0.15) is 11.3 Å². The van der Waals surface area contributed by atoms with E-state index in [9.17, 15) is 15.2 Å². The Hall–Kier alpha value is -3.32. The molecule has 0 atom stereocenters. The Kier molecular flexibility index (Phi) is 5.37. The molecule has 7 heteroatoms. The molecule has 1 heterocycles. The molecule has 0 aliphatic heterocycles. The second kappa shape index (κ2) is 7.74. The summed E-state index contributed by atoms with van der Waals surface area (Å²) in [4.78, 5) is 15.4. The lowest BCUT2D eigenvalue weighted by molar-refractivity contribution is -0.383. The predicted molar refractivity (Wildman–Crippen MR) is 112 cm³/mol. The van der Waals surface area contributed by atoms with Gasteiger partial charge >= 0.3 is 5.69 Å². The van der Waals surface area contributed by atoms with E-state index in [0.29, 0.717) is 28.7 Å². The van der Waals surface area contributed by atoms with Crippen molar-refractivity contribution in [1.29, 1.82) is 0 Å². The molecule has 1 N–H and O–H groups in total. The Morgan fingerprint density at radius 1 is 1.11 bits per heavy atom. The Balaban J connectivity index is 2.51. The standard InChI is InChI=1S/C21H24N4O3/c1-22(2)13-12-18-21(25(27)28)16-10-11-19(26)17(14-23(3)4)20(16)24(18)15-8-6-5-7-9-15/h5-13,26H,14H2,1-4H3/b13-12+. The summed E-state index contributed by atoms with van der Waals surface area (Å²) < 4.78 is 1.85. The molecule has 3 rings (SSSR count). The first-order valence-corrected chi connectivity index (χ1v) is 8.89. The van der Waals surface area contributed by atoms with Crippen molar-refractivity contribution < 1.29 is 10.0 Å². The highest BCUT2D eigenvalue weighted by Gasteiger charge is 2.28. The lowest BCUT2D eigenvalue weighted by Gasteiger charge is -2.15. The van der Waals surface area contributed by atoms with Crippen LogP contribution in [0, 0.1) is 10.1 Å². The summed E-state index contributed by atoms with van der Waals surface area (Å²) in [5.41, 5.74) is 2.58. The molecule has 3 aromatic rings. The first-order chi connectivity index (χ1) is 13.3. The van der Waals surface area contributed by atoms with Crippen molar-refractivity contribution in [3.8, 4) is 11.4 Å². The van der Waals surface area contributed by atoms with Crippen molar-refractivity contribution in [2.24, 2.45) is 0 Å². The summed E-state index contributed by atoms with van der Waals surface area (Å²) in [5, 5.41) is 23.1. The van der Waals surface area contributed by atoms with Crippen molar-refractivity contribution in [3.63, 3.8) is 0 Å². The predicted octanol–water partition coefficient (Wildman–Crippen LogP) is 3.84. The number of nitro groups is 1. The van der Waals surface area contributed by atoms with Gasteiger partial charge in [-0.25, -0.2) is 0 Å². The van der Waals surface area contributed by atoms with Gasteiger partial charge < -0.3 is 19.5 Å². The fourth-order valence-corrected chi connectivity index (χ4v) is 3.32. The molecule has 0 unspecified atom stereocenters. The third-order valence-electron chi connectivity index (χ3n) is 4.42. The van der Waals surface area contributed by atoms with Gasteiger partial charge in [0, 0.05) is 38.1 Å². The van der Waals surface area contributed by atoms with E-state index in [2.05, 4.69) is 0 Å². The molecule has 0 bridgehead atoms. The fourth-order valence-electron chi connectivity index (χ4n) is 3.32. The molecule has 2 aromatic carbocycles. The molecule has 0 amide bonds. The lowest BCUT2D eigenvalue weighted by Crippen LogP contribution is -2.12. The topological polar surface area (TPSA) is 74.8 Å². The van der Waals surface area contributed by atoms with E-state index in [-0.39, 0.29) is 16.4 Å². The lowest BCUT2D eigenvalue weighted by atomic mass is 10.1. The van der Waals surface area contributed by atoms with E-state index in [1.807, 2.05) is 72.9 Å². The van der Waals surface area contributed by atoms with Crippen LogP contribution in [0.3, 0.4) is 0 Å². The molecule has 0 fully saturated rings. The number of aromatic nitrogens is 1. The summed E-state index contributed by atoms with van der Waals surface area (Å²) in [6, 6.07) is 12.6. The average Bonchev–Trinajstić information content (AvgIpc) is 2.97. The first kappa shape index (κ1) is 19.4. The zero-order valence-corrected chi connectivity index (χ0v) is 16.5. The second-order valence-electron chi connectivity index (χ2n) is 7.14. The Labute approximate surface area is 163 Å². The molecule has 0 radical (unpaired) electrons. The highest BCUT2D eigenvalue weighted by atomic mass is 16.6. The highest BCUT2D eigenvalue weighted by molar-refractivity contribution is 5.99. The number of rotatable bonds is 6. The van der Waals surface area contributed by atoms with E-state index >= 15 is 0 Å². The van der Waals surface area contributed by atoms with Crippen LogP contribution in [0.5, 0.6) is 5.75 Å². The Bertz CT molecular complexity index is 1040. The Morgan fingerprint density at radius 2 is 1.79 bits per heavy atom. The number of phenols is 1. The molecular weight excluding hydrogens is 356 g/mol. The van der Waals surface area contributed by atoms with Crippen molar-refractivity contribution >= 4 is 22.7 Å². The molecule has 0 spiro atoms. The number of benzene rings is 2. The number of aromatic hydroxyl groups is 1. The zero-order chi connectivity index (χ0) is 20.4. The largest absolute Gasteiger partial charge is 0.508 e. The number of phenolic OH excluding ortho intramolecular Hbond substituents is 1. The monoisotopic (exact) mass is 380 g/mol. The van der Waals surface area contributed by atoms with Crippen LogP contribution in [-0.4, -0.2) is 52.6 Å². The van der Waals surface area contributed by atoms with E-state index in [1.165, 1.54) is 6.07 Å². The number of para-hydroxylation sites is 1. The molecule has 7 nitrogen and oxygen atoms in total. The van der Waals surface area contributed by atoms with Crippen LogP contribution in [0.2, 0.25) is 0 Å². The van der Waals surface area contributed by atoms with Gasteiger partial charge in [-0.05, 0) is 44.4 Å². The number of nitrogens with zero attached hydrogens (tertiary/aromatic N) is 4. The van der Waals surface area contributed by atoms with E-state index < -0.39 is 0 Å². The molecule has 146 valence electrons. The molecule has 0 aliphatic carbocycles. The van der Waals surface area contributed by atoms with Crippen LogP contribution in [0.4, 0.5) is 5.69 Å². The molecule has 0 aliphatic rings. The van der Waals surface area contributed by atoms with Crippen molar-refractivity contribution in [2.75, 3.05) is 28.2 Å². The van der Waals surface area contributed by atoms with Crippen molar-refractivity contribution in [3.05, 3.63) is 70.0 Å². The van der Waals surface area contributed by atoms with Crippen LogP contribution in [0.15, 0.2) is 48.7 Å². The third-order valence-corrected chi connectivity index (χ3v) is 4.42. The van der Waals surface area contributed by atoms with Crippen LogP contribution in [0.25, 0.3) is 22.7 Å². The van der Waals surface area contributed by atoms with Gasteiger partial charge in [-0.3, -0.25) is 10.1 Å². The summed E-state index contributed by atoms with van der Waals surface area (Å²) in [6.07, 6.45) is 3.52. The number of hydrogen-bond acceptors (Lipinski definition) is 5. The van der Waals surface area contributed by atoms with Gasteiger partial charge in [0.15, 0.2) is 0 Å². The summed E-state index contributed by atoms with van der Waals surface area (Å²) in [5.74, 6) is 0.119. The van der Waals surface area contributed by atoms with Crippen LogP contribution in [-0.2, 0) is 6.54 Å². The molecule has 28 heavy (non-hydrogen) atoms. The highest BCUT2D eigenvalue weighted by Crippen LogP contribution is 2.40.